The molecular formula is C17H22FN5O2. The van der Waals surface area contributed by atoms with Gasteiger partial charge < -0.3 is 19.9 Å². The fraction of sp³-hybridized carbons (Fsp3) is 0.471. The van der Waals surface area contributed by atoms with E-state index in [2.05, 4.69) is 20.1 Å². The van der Waals surface area contributed by atoms with Crippen molar-refractivity contribution in [2.75, 3.05) is 25.5 Å². The first-order chi connectivity index (χ1) is 12.1. The third kappa shape index (κ3) is 3.79. The predicted molar refractivity (Wildman–Crippen MR) is 91.7 cm³/mol. The molecule has 25 heavy (non-hydrogen) atoms. The Morgan fingerprint density at radius 2 is 2.20 bits per heavy atom. The van der Waals surface area contributed by atoms with Gasteiger partial charge in [-0.25, -0.2) is 9.18 Å². The first-order valence-electron chi connectivity index (χ1n) is 8.45. The van der Waals surface area contributed by atoms with Crippen LogP contribution in [0.15, 0.2) is 18.2 Å². The zero-order chi connectivity index (χ0) is 17.8. The molecule has 7 nitrogen and oxygen atoms in total. The van der Waals surface area contributed by atoms with Gasteiger partial charge in [-0.2, -0.15) is 0 Å². The monoisotopic (exact) mass is 347 g/mol. The van der Waals surface area contributed by atoms with E-state index in [0.29, 0.717) is 11.4 Å². The van der Waals surface area contributed by atoms with Crippen molar-refractivity contribution in [2.24, 2.45) is 0 Å². The van der Waals surface area contributed by atoms with Crippen LogP contribution in [0.1, 0.15) is 25.1 Å². The minimum absolute atomic E-state index is 0.0817. The number of aliphatic hydroxyl groups is 1. The summed E-state index contributed by atoms with van der Waals surface area (Å²) in [6.45, 7) is 0.860. The number of carbonyl (C=O) groups is 1. The number of amides is 2. The van der Waals surface area contributed by atoms with Gasteiger partial charge in [0.25, 0.3) is 0 Å². The summed E-state index contributed by atoms with van der Waals surface area (Å²) in [5, 5.41) is 19.9. The van der Waals surface area contributed by atoms with Crippen molar-refractivity contribution < 1.29 is 14.3 Å². The van der Waals surface area contributed by atoms with Gasteiger partial charge in [0.1, 0.15) is 11.6 Å². The Balaban J connectivity index is 1.87. The molecule has 0 unspecified atom stereocenters. The molecule has 0 saturated carbocycles. The van der Waals surface area contributed by atoms with Gasteiger partial charge in [-0.05, 0) is 31.0 Å². The zero-order valence-electron chi connectivity index (χ0n) is 14.2. The number of benzene rings is 1. The molecule has 2 amide bonds. The Kier molecular flexibility index (Phi) is 5.28. The van der Waals surface area contributed by atoms with Crippen molar-refractivity contribution >= 4 is 11.7 Å². The van der Waals surface area contributed by atoms with Gasteiger partial charge in [-0.15, -0.1) is 10.2 Å². The number of nitrogens with one attached hydrogen (secondary N) is 1. The molecule has 0 bridgehead atoms. The highest BCUT2D eigenvalue weighted by molar-refractivity contribution is 5.90. The van der Waals surface area contributed by atoms with Gasteiger partial charge in [-0.1, -0.05) is 6.42 Å². The molecule has 1 aromatic heterocycles. The summed E-state index contributed by atoms with van der Waals surface area (Å²) < 4.78 is 16.2. The zero-order valence-corrected chi connectivity index (χ0v) is 14.2. The van der Waals surface area contributed by atoms with Crippen molar-refractivity contribution in [3.63, 3.8) is 0 Å². The van der Waals surface area contributed by atoms with E-state index in [0.717, 1.165) is 38.1 Å². The summed E-state index contributed by atoms with van der Waals surface area (Å²) in [7, 11) is 1.53. The molecule has 0 aliphatic carbocycles. The number of hydrogen-bond acceptors (Lipinski definition) is 4. The maximum absolute atomic E-state index is 14.1. The number of fused-ring (bicyclic) bond motifs is 1. The molecule has 2 heterocycles. The standard InChI is InChI=1S/C17H22FN5O2/c1-22(9-10-24)17(25)19-14-11-12(6-7-13(14)18)16-21-20-15-5-3-2-4-8-23(15)16/h6-7,11,24H,2-5,8-10H2,1H3,(H,19,25). The number of anilines is 1. The summed E-state index contributed by atoms with van der Waals surface area (Å²) in [6, 6.07) is 4.05. The van der Waals surface area contributed by atoms with Crippen LogP contribution >= 0.6 is 0 Å². The van der Waals surface area contributed by atoms with Gasteiger partial charge in [0.15, 0.2) is 5.82 Å². The Morgan fingerprint density at radius 1 is 1.36 bits per heavy atom. The van der Waals surface area contributed by atoms with Crippen molar-refractivity contribution in [3.8, 4) is 11.4 Å². The van der Waals surface area contributed by atoms with E-state index in [4.69, 9.17) is 5.11 Å². The maximum atomic E-state index is 14.1. The summed E-state index contributed by atoms with van der Waals surface area (Å²) in [6.07, 6.45) is 4.21. The molecule has 0 saturated heterocycles. The Labute approximate surface area is 145 Å². The van der Waals surface area contributed by atoms with Crippen LogP contribution in [0, 0.1) is 5.82 Å². The van der Waals surface area contributed by atoms with E-state index in [9.17, 15) is 9.18 Å². The highest BCUT2D eigenvalue weighted by Gasteiger charge is 2.18. The molecule has 0 radical (unpaired) electrons. The largest absolute Gasteiger partial charge is 0.395 e. The first-order valence-corrected chi connectivity index (χ1v) is 8.45. The fourth-order valence-electron chi connectivity index (χ4n) is 2.92. The Hall–Kier alpha value is -2.48. The average molecular weight is 347 g/mol. The quantitative estimate of drug-likeness (QED) is 0.889. The van der Waals surface area contributed by atoms with E-state index in [1.54, 1.807) is 12.1 Å². The number of rotatable bonds is 4. The van der Waals surface area contributed by atoms with E-state index in [1.165, 1.54) is 18.0 Å². The van der Waals surface area contributed by atoms with Gasteiger partial charge in [0.2, 0.25) is 0 Å². The molecule has 2 N–H and O–H groups in total. The summed E-state index contributed by atoms with van der Waals surface area (Å²) in [5.41, 5.74) is 0.792. The highest BCUT2D eigenvalue weighted by Crippen LogP contribution is 2.26. The van der Waals surface area contributed by atoms with Crippen LogP contribution in [0.2, 0.25) is 0 Å². The second-order valence-electron chi connectivity index (χ2n) is 6.17. The summed E-state index contributed by atoms with van der Waals surface area (Å²) >= 11 is 0. The van der Waals surface area contributed by atoms with Gasteiger partial charge >= 0.3 is 6.03 Å². The number of aliphatic hydroxyl groups excluding tert-OH is 1. The van der Waals surface area contributed by atoms with Gasteiger partial charge in [0.05, 0.1) is 12.3 Å². The van der Waals surface area contributed by atoms with Crippen molar-refractivity contribution in [3.05, 3.63) is 29.8 Å². The van der Waals surface area contributed by atoms with E-state index in [1.807, 2.05) is 0 Å². The smallest absolute Gasteiger partial charge is 0.321 e. The molecule has 1 aromatic carbocycles. The predicted octanol–water partition coefficient (Wildman–Crippen LogP) is 2.27. The van der Waals surface area contributed by atoms with Crippen LogP contribution < -0.4 is 5.32 Å². The van der Waals surface area contributed by atoms with Gasteiger partial charge in [-0.3, -0.25) is 0 Å². The lowest BCUT2D eigenvalue weighted by Gasteiger charge is -2.17. The van der Waals surface area contributed by atoms with Gasteiger partial charge in [0, 0.05) is 32.1 Å². The van der Waals surface area contributed by atoms with E-state index < -0.39 is 11.8 Å². The van der Waals surface area contributed by atoms with Crippen LogP contribution in [0.4, 0.5) is 14.9 Å². The molecule has 8 heteroatoms. The first kappa shape index (κ1) is 17.3. The van der Waals surface area contributed by atoms with Crippen molar-refractivity contribution in [1.29, 1.82) is 0 Å². The van der Waals surface area contributed by atoms with E-state index >= 15 is 0 Å². The molecule has 1 aliphatic rings. The summed E-state index contributed by atoms with van der Waals surface area (Å²) in [4.78, 5) is 13.3. The lowest BCUT2D eigenvalue weighted by Crippen LogP contribution is -2.33. The number of aryl methyl sites for hydroxylation is 1. The molecule has 0 spiro atoms. The normalized spacial score (nSPS) is 13.9. The number of halogens is 1. The number of carbonyl (C=O) groups excluding carboxylic acids is 1. The molecule has 134 valence electrons. The second-order valence-corrected chi connectivity index (χ2v) is 6.17. The van der Waals surface area contributed by atoms with Crippen LogP contribution in [0.3, 0.4) is 0 Å². The average Bonchev–Trinajstić information content (AvgIpc) is 2.85. The number of likely N-dealkylation sites (N-methyl/N-ethyl adjacent to an activating group) is 1. The third-order valence-electron chi connectivity index (χ3n) is 4.36. The molecule has 3 rings (SSSR count). The van der Waals surface area contributed by atoms with E-state index in [-0.39, 0.29) is 18.8 Å². The van der Waals surface area contributed by atoms with Crippen LogP contribution in [0.25, 0.3) is 11.4 Å². The van der Waals surface area contributed by atoms with Crippen LogP contribution in [-0.4, -0.2) is 51.0 Å². The molecule has 0 fully saturated rings. The Bertz CT molecular complexity index is 761. The molecular weight excluding hydrogens is 325 g/mol. The SMILES string of the molecule is CN(CCO)C(=O)Nc1cc(-c2nnc3n2CCCCC3)ccc1F. The summed E-state index contributed by atoms with van der Waals surface area (Å²) in [5.74, 6) is 1.12. The number of urea groups is 1. The minimum Gasteiger partial charge on any atom is -0.395 e. The molecule has 1 aliphatic heterocycles. The molecule has 0 atom stereocenters. The van der Waals surface area contributed by atoms with Crippen LogP contribution in [0.5, 0.6) is 0 Å². The minimum atomic E-state index is -0.523. The maximum Gasteiger partial charge on any atom is 0.321 e. The lowest BCUT2D eigenvalue weighted by atomic mass is 10.1. The van der Waals surface area contributed by atoms with Crippen molar-refractivity contribution in [1.82, 2.24) is 19.7 Å². The topological polar surface area (TPSA) is 83.3 Å². The fourth-order valence-corrected chi connectivity index (χ4v) is 2.92. The highest BCUT2D eigenvalue weighted by atomic mass is 19.1. The molecule has 2 aromatic rings. The van der Waals surface area contributed by atoms with Crippen molar-refractivity contribution in [2.45, 2.75) is 32.2 Å². The second kappa shape index (κ2) is 7.60. The Morgan fingerprint density at radius 3 is 3.00 bits per heavy atom. The number of aromatic nitrogens is 3. The number of nitrogens with zero attached hydrogens (tertiary/aromatic N) is 4. The lowest BCUT2D eigenvalue weighted by molar-refractivity contribution is 0.202. The third-order valence-corrected chi connectivity index (χ3v) is 4.36. The van der Waals surface area contributed by atoms with Crippen LogP contribution in [-0.2, 0) is 13.0 Å². The number of hydrogen-bond donors (Lipinski definition) is 2.